The van der Waals surface area contributed by atoms with Crippen LogP contribution in [0.2, 0.25) is 5.15 Å². The van der Waals surface area contributed by atoms with Gasteiger partial charge in [-0.1, -0.05) is 17.7 Å². The summed E-state index contributed by atoms with van der Waals surface area (Å²) in [5, 5.41) is 6.74. The Bertz CT molecular complexity index is 885. The molecule has 0 fully saturated rings. The maximum absolute atomic E-state index is 12.3. The molecule has 0 saturated carbocycles. The first-order chi connectivity index (χ1) is 12.8. The quantitative estimate of drug-likeness (QED) is 0.153. The molecule has 0 unspecified atom stereocenters. The van der Waals surface area contributed by atoms with Crippen molar-refractivity contribution in [3.63, 3.8) is 0 Å². The van der Waals surface area contributed by atoms with Crippen molar-refractivity contribution < 1.29 is 8.42 Å². The molecule has 0 spiro atoms. The SMILES string of the molecule is CN=C(NCCNS(=O)(=O)c1cc(C)sc1C)NCCc1ccc(Cl)nc1.I. The number of guanidine groups is 1. The highest BCUT2D eigenvalue weighted by Crippen LogP contribution is 2.24. The molecule has 156 valence electrons. The maximum Gasteiger partial charge on any atom is 0.241 e. The zero-order valence-corrected chi connectivity index (χ0v) is 20.7. The van der Waals surface area contributed by atoms with E-state index >= 15 is 0 Å². The topological polar surface area (TPSA) is 95.5 Å². The van der Waals surface area contributed by atoms with Gasteiger partial charge in [-0.15, -0.1) is 35.3 Å². The average Bonchev–Trinajstić information content (AvgIpc) is 2.98. The molecule has 7 nitrogen and oxygen atoms in total. The van der Waals surface area contributed by atoms with E-state index in [2.05, 4.69) is 25.3 Å². The standard InChI is InChI=1S/C17H24ClN5O2S2.HI/c1-12-10-15(13(2)26-12)27(24,25)23-9-8-21-17(19-3)20-7-6-14-4-5-16(18)22-11-14;/h4-5,10-11,23H,6-9H2,1-3H3,(H2,19,20,21);1H. The van der Waals surface area contributed by atoms with E-state index in [0.29, 0.717) is 29.1 Å². The van der Waals surface area contributed by atoms with Crippen molar-refractivity contribution in [2.45, 2.75) is 25.2 Å². The highest BCUT2D eigenvalue weighted by atomic mass is 127. The molecule has 0 aliphatic rings. The van der Waals surface area contributed by atoms with Crippen LogP contribution in [0.5, 0.6) is 0 Å². The monoisotopic (exact) mass is 557 g/mol. The summed E-state index contributed by atoms with van der Waals surface area (Å²) in [6.07, 6.45) is 2.51. The number of aryl methyl sites for hydroxylation is 2. The molecular weight excluding hydrogens is 533 g/mol. The van der Waals surface area contributed by atoms with Gasteiger partial charge in [0.25, 0.3) is 0 Å². The number of thiophene rings is 1. The van der Waals surface area contributed by atoms with E-state index in [1.54, 1.807) is 25.4 Å². The van der Waals surface area contributed by atoms with Gasteiger partial charge in [-0.25, -0.2) is 18.1 Å². The minimum Gasteiger partial charge on any atom is -0.356 e. The molecule has 3 N–H and O–H groups in total. The number of pyridine rings is 1. The van der Waals surface area contributed by atoms with Crippen molar-refractivity contribution in [2.24, 2.45) is 4.99 Å². The van der Waals surface area contributed by atoms with Gasteiger partial charge in [-0.2, -0.15) is 0 Å². The fourth-order valence-corrected chi connectivity index (χ4v) is 5.11. The zero-order chi connectivity index (χ0) is 19.9. The van der Waals surface area contributed by atoms with Gasteiger partial charge in [0.15, 0.2) is 5.96 Å². The van der Waals surface area contributed by atoms with Gasteiger partial charge in [0.1, 0.15) is 5.15 Å². The molecule has 2 rings (SSSR count). The number of hydrogen-bond donors (Lipinski definition) is 3. The Kier molecular flexibility index (Phi) is 10.7. The van der Waals surface area contributed by atoms with Crippen LogP contribution in [0.25, 0.3) is 0 Å². The first-order valence-electron chi connectivity index (χ1n) is 8.43. The molecule has 2 aromatic heterocycles. The van der Waals surface area contributed by atoms with Crippen LogP contribution in [-0.4, -0.2) is 46.0 Å². The van der Waals surface area contributed by atoms with Crippen molar-refractivity contribution in [3.05, 3.63) is 44.9 Å². The number of nitrogens with zero attached hydrogens (tertiary/aromatic N) is 2. The number of nitrogens with one attached hydrogen (secondary N) is 3. The summed E-state index contributed by atoms with van der Waals surface area (Å²) in [5.41, 5.74) is 1.07. The zero-order valence-electron chi connectivity index (χ0n) is 16.0. The van der Waals surface area contributed by atoms with Crippen molar-refractivity contribution in [3.8, 4) is 0 Å². The average molecular weight is 558 g/mol. The van der Waals surface area contributed by atoms with Gasteiger partial charge in [0.05, 0.1) is 4.90 Å². The Morgan fingerprint density at radius 1 is 1.21 bits per heavy atom. The smallest absolute Gasteiger partial charge is 0.241 e. The Balaban J connectivity index is 0.00000392. The third kappa shape index (κ3) is 7.82. The fraction of sp³-hybridized carbons (Fsp3) is 0.412. The number of rotatable bonds is 8. The minimum atomic E-state index is -3.49. The van der Waals surface area contributed by atoms with Gasteiger partial charge >= 0.3 is 0 Å². The number of aromatic nitrogens is 1. The molecule has 0 amide bonds. The second-order valence-electron chi connectivity index (χ2n) is 5.84. The van der Waals surface area contributed by atoms with Crippen molar-refractivity contribution in [1.29, 1.82) is 0 Å². The summed E-state index contributed by atoms with van der Waals surface area (Å²) in [7, 11) is -1.82. The van der Waals surface area contributed by atoms with Crippen LogP contribution < -0.4 is 15.4 Å². The number of aliphatic imine (C=N–C) groups is 1. The Morgan fingerprint density at radius 3 is 2.50 bits per heavy atom. The molecule has 0 aromatic carbocycles. The summed E-state index contributed by atoms with van der Waals surface area (Å²) in [4.78, 5) is 10.3. The lowest BCUT2D eigenvalue weighted by atomic mass is 10.2. The van der Waals surface area contributed by atoms with Crippen molar-refractivity contribution >= 4 is 62.9 Å². The van der Waals surface area contributed by atoms with Crippen LogP contribution in [0, 0.1) is 13.8 Å². The van der Waals surface area contributed by atoms with Gasteiger partial charge in [0, 0.05) is 42.6 Å². The van der Waals surface area contributed by atoms with Crippen LogP contribution in [0.1, 0.15) is 15.3 Å². The molecular formula is C17H25ClIN5O2S2. The molecule has 0 atom stereocenters. The van der Waals surface area contributed by atoms with Gasteiger partial charge in [0.2, 0.25) is 10.0 Å². The van der Waals surface area contributed by atoms with Crippen LogP contribution in [0.15, 0.2) is 34.3 Å². The van der Waals surface area contributed by atoms with E-state index in [9.17, 15) is 8.42 Å². The first kappa shape index (κ1) is 25.1. The predicted molar refractivity (Wildman–Crippen MR) is 127 cm³/mol. The van der Waals surface area contributed by atoms with Gasteiger partial charge in [-0.3, -0.25) is 4.99 Å². The fourth-order valence-electron chi connectivity index (χ4n) is 2.42. The first-order valence-corrected chi connectivity index (χ1v) is 11.1. The van der Waals surface area contributed by atoms with E-state index < -0.39 is 10.0 Å². The molecule has 2 aromatic rings. The van der Waals surface area contributed by atoms with Gasteiger partial charge < -0.3 is 10.6 Å². The third-order valence-electron chi connectivity index (χ3n) is 3.71. The van der Waals surface area contributed by atoms with Crippen LogP contribution in [0.4, 0.5) is 0 Å². The second kappa shape index (κ2) is 11.9. The second-order valence-corrected chi connectivity index (χ2v) is 9.42. The predicted octanol–water partition coefficient (Wildman–Crippen LogP) is 2.72. The summed E-state index contributed by atoms with van der Waals surface area (Å²) in [6, 6.07) is 5.38. The molecule has 2 heterocycles. The van der Waals surface area contributed by atoms with E-state index in [4.69, 9.17) is 11.6 Å². The normalized spacial score (nSPS) is 11.8. The number of halogens is 2. The van der Waals surface area contributed by atoms with Crippen molar-refractivity contribution in [2.75, 3.05) is 26.7 Å². The van der Waals surface area contributed by atoms with E-state index in [1.807, 2.05) is 19.9 Å². The summed E-state index contributed by atoms with van der Waals surface area (Å²) >= 11 is 7.24. The maximum atomic E-state index is 12.3. The Labute approximate surface area is 192 Å². The molecule has 0 saturated heterocycles. The molecule has 28 heavy (non-hydrogen) atoms. The summed E-state index contributed by atoms with van der Waals surface area (Å²) < 4.78 is 27.3. The van der Waals surface area contributed by atoms with Crippen LogP contribution in [0.3, 0.4) is 0 Å². The Morgan fingerprint density at radius 2 is 1.93 bits per heavy atom. The largest absolute Gasteiger partial charge is 0.356 e. The summed E-state index contributed by atoms with van der Waals surface area (Å²) in [6.45, 7) is 5.06. The van der Waals surface area contributed by atoms with Crippen LogP contribution >= 0.6 is 46.9 Å². The minimum absolute atomic E-state index is 0. The lowest BCUT2D eigenvalue weighted by Crippen LogP contribution is -2.42. The lowest BCUT2D eigenvalue weighted by molar-refractivity contribution is 0.580. The molecule has 0 bridgehead atoms. The van der Waals surface area contributed by atoms with E-state index in [-0.39, 0.29) is 30.5 Å². The Hall–Kier alpha value is -0.950. The highest BCUT2D eigenvalue weighted by Gasteiger charge is 2.18. The highest BCUT2D eigenvalue weighted by molar-refractivity contribution is 14.0. The molecule has 11 heteroatoms. The summed E-state index contributed by atoms with van der Waals surface area (Å²) in [5.74, 6) is 0.610. The third-order valence-corrected chi connectivity index (χ3v) is 6.62. The van der Waals surface area contributed by atoms with Crippen LogP contribution in [-0.2, 0) is 16.4 Å². The number of hydrogen-bond acceptors (Lipinski definition) is 5. The van der Waals surface area contributed by atoms with Crippen molar-refractivity contribution in [1.82, 2.24) is 20.3 Å². The van der Waals surface area contributed by atoms with Gasteiger partial charge in [-0.05, 0) is 38.0 Å². The van der Waals surface area contributed by atoms with E-state index in [1.165, 1.54) is 11.3 Å². The number of sulfonamides is 1. The molecule has 0 aliphatic carbocycles. The van der Waals surface area contributed by atoms with E-state index in [0.717, 1.165) is 21.7 Å². The lowest BCUT2D eigenvalue weighted by Gasteiger charge is -2.12. The molecule has 0 aliphatic heterocycles. The molecule has 0 radical (unpaired) electrons.